The zero-order chi connectivity index (χ0) is 21.2. The van der Waals surface area contributed by atoms with Crippen LogP contribution >= 0.6 is 34.5 Å². The first-order chi connectivity index (χ1) is 13.7. The van der Waals surface area contributed by atoms with Crippen molar-refractivity contribution in [1.82, 2.24) is 4.57 Å². The number of hydrogen-bond donors (Lipinski definition) is 0. The SMILES string of the molecule is COc1ccc(S(=O)(=O)CCCC(=O)N=c2sc3ccc(Cl)c(Cl)c3n2C)cc1. The molecule has 0 saturated heterocycles. The summed E-state index contributed by atoms with van der Waals surface area (Å²) < 4.78 is 32.4. The van der Waals surface area contributed by atoms with E-state index < -0.39 is 9.84 Å². The maximum absolute atomic E-state index is 12.4. The average Bonchev–Trinajstić information content (AvgIpc) is 3.00. The Morgan fingerprint density at radius 1 is 1.17 bits per heavy atom. The smallest absolute Gasteiger partial charge is 0.248 e. The number of thiazole rings is 1. The minimum atomic E-state index is -3.48. The van der Waals surface area contributed by atoms with Gasteiger partial charge in [-0.15, -0.1) is 0 Å². The lowest BCUT2D eigenvalue weighted by Gasteiger charge is -2.05. The average molecular weight is 473 g/mol. The number of aromatic nitrogens is 1. The number of carbonyl (C=O) groups excluding carboxylic acids is 1. The summed E-state index contributed by atoms with van der Waals surface area (Å²) in [6, 6.07) is 9.68. The van der Waals surface area contributed by atoms with E-state index in [0.29, 0.717) is 26.1 Å². The summed E-state index contributed by atoms with van der Waals surface area (Å²) in [4.78, 5) is 17.0. The van der Waals surface area contributed by atoms with Gasteiger partial charge in [-0.2, -0.15) is 4.99 Å². The lowest BCUT2D eigenvalue weighted by molar-refractivity contribution is -0.118. The topological polar surface area (TPSA) is 77.7 Å². The van der Waals surface area contributed by atoms with Crippen molar-refractivity contribution in [2.45, 2.75) is 17.7 Å². The van der Waals surface area contributed by atoms with E-state index in [-0.39, 0.29) is 29.4 Å². The van der Waals surface area contributed by atoms with Crippen molar-refractivity contribution in [1.29, 1.82) is 0 Å². The van der Waals surface area contributed by atoms with Gasteiger partial charge in [0.15, 0.2) is 14.6 Å². The number of nitrogens with zero attached hydrogens (tertiary/aromatic N) is 2. The third-order valence-electron chi connectivity index (χ3n) is 4.30. The molecule has 0 saturated carbocycles. The number of hydrogen-bond acceptors (Lipinski definition) is 5. The molecule has 3 rings (SSSR count). The Kier molecular flexibility index (Phi) is 6.68. The second-order valence-electron chi connectivity index (χ2n) is 6.26. The molecule has 0 aliphatic carbocycles. The number of methoxy groups -OCH3 is 1. The van der Waals surface area contributed by atoms with Crippen molar-refractivity contribution >= 4 is 60.5 Å². The molecule has 0 spiro atoms. The summed E-state index contributed by atoms with van der Waals surface area (Å²) in [5.74, 6) is 0.0513. The highest BCUT2D eigenvalue weighted by molar-refractivity contribution is 7.91. The highest BCUT2D eigenvalue weighted by atomic mass is 35.5. The van der Waals surface area contributed by atoms with E-state index >= 15 is 0 Å². The van der Waals surface area contributed by atoms with Crippen LogP contribution in [0.15, 0.2) is 46.3 Å². The molecule has 3 aromatic rings. The summed E-state index contributed by atoms with van der Waals surface area (Å²) in [5, 5.41) is 0.830. The van der Waals surface area contributed by atoms with Gasteiger partial charge in [-0.05, 0) is 42.8 Å². The van der Waals surface area contributed by atoms with Gasteiger partial charge in [-0.25, -0.2) is 8.42 Å². The first-order valence-electron chi connectivity index (χ1n) is 8.61. The molecule has 0 aliphatic heterocycles. The van der Waals surface area contributed by atoms with Gasteiger partial charge < -0.3 is 9.30 Å². The predicted molar refractivity (Wildman–Crippen MR) is 116 cm³/mol. The van der Waals surface area contributed by atoms with Crippen LogP contribution in [-0.2, 0) is 21.7 Å². The first-order valence-corrected chi connectivity index (χ1v) is 11.8. The third kappa shape index (κ3) is 4.83. The van der Waals surface area contributed by atoms with Gasteiger partial charge in [0.05, 0.1) is 38.0 Å². The Morgan fingerprint density at radius 3 is 2.52 bits per heavy atom. The van der Waals surface area contributed by atoms with Gasteiger partial charge in [0.25, 0.3) is 0 Å². The summed E-state index contributed by atoms with van der Waals surface area (Å²) in [6.07, 6.45) is 0.204. The van der Waals surface area contributed by atoms with Crippen LogP contribution in [0.5, 0.6) is 5.75 Å². The number of fused-ring (bicyclic) bond motifs is 1. The number of rotatable bonds is 6. The zero-order valence-electron chi connectivity index (χ0n) is 15.7. The standard InChI is InChI=1S/C19H18Cl2N2O4S2/c1-23-18-15(10-9-14(20)17(18)21)28-19(23)22-16(24)4-3-11-29(25,26)13-7-5-12(27-2)6-8-13/h5-10H,3-4,11H2,1-2H3. The number of halogens is 2. The molecule has 0 bridgehead atoms. The highest BCUT2D eigenvalue weighted by Gasteiger charge is 2.16. The minimum Gasteiger partial charge on any atom is -0.497 e. The second-order valence-corrected chi connectivity index (χ2v) is 10.2. The van der Waals surface area contributed by atoms with Crippen LogP contribution in [0.2, 0.25) is 10.0 Å². The van der Waals surface area contributed by atoms with Crippen LogP contribution in [0, 0.1) is 0 Å². The maximum atomic E-state index is 12.4. The fourth-order valence-corrected chi connectivity index (χ4v) is 5.61. The largest absolute Gasteiger partial charge is 0.497 e. The molecule has 1 amide bonds. The van der Waals surface area contributed by atoms with Crippen LogP contribution in [0.3, 0.4) is 0 Å². The molecule has 29 heavy (non-hydrogen) atoms. The van der Waals surface area contributed by atoms with Crippen molar-refractivity contribution in [2.75, 3.05) is 12.9 Å². The molecule has 0 unspecified atom stereocenters. The van der Waals surface area contributed by atoms with Crippen LogP contribution in [0.1, 0.15) is 12.8 Å². The monoisotopic (exact) mass is 472 g/mol. The molecule has 0 radical (unpaired) electrons. The Balaban J connectivity index is 1.70. The fourth-order valence-electron chi connectivity index (χ4n) is 2.75. The van der Waals surface area contributed by atoms with Gasteiger partial charge in [-0.1, -0.05) is 34.5 Å². The summed E-state index contributed by atoms with van der Waals surface area (Å²) in [6.45, 7) is 0. The van der Waals surface area contributed by atoms with E-state index in [9.17, 15) is 13.2 Å². The Labute approximate surface area is 182 Å². The van der Waals surface area contributed by atoms with E-state index in [4.69, 9.17) is 27.9 Å². The highest BCUT2D eigenvalue weighted by Crippen LogP contribution is 2.31. The molecular formula is C19H18Cl2N2O4S2. The lowest BCUT2D eigenvalue weighted by Crippen LogP contribution is -2.14. The molecule has 10 heteroatoms. The molecule has 0 N–H and O–H groups in total. The van der Waals surface area contributed by atoms with Crippen LogP contribution in [-0.4, -0.2) is 31.8 Å². The summed E-state index contributed by atoms with van der Waals surface area (Å²) in [5.41, 5.74) is 0.706. The molecule has 1 aromatic heterocycles. The van der Waals surface area contributed by atoms with Crippen molar-refractivity contribution < 1.29 is 17.9 Å². The van der Waals surface area contributed by atoms with Gasteiger partial charge in [0.2, 0.25) is 5.91 Å². The van der Waals surface area contributed by atoms with Gasteiger partial charge in [0.1, 0.15) is 5.75 Å². The maximum Gasteiger partial charge on any atom is 0.248 e. The number of amides is 1. The molecule has 0 aliphatic rings. The van der Waals surface area contributed by atoms with Crippen LogP contribution in [0.4, 0.5) is 0 Å². The van der Waals surface area contributed by atoms with Crippen molar-refractivity contribution in [3.05, 3.63) is 51.2 Å². The lowest BCUT2D eigenvalue weighted by atomic mass is 10.3. The Hall–Kier alpha value is -1.87. The fraction of sp³-hybridized carbons (Fsp3) is 0.263. The zero-order valence-corrected chi connectivity index (χ0v) is 18.8. The van der Waals surface area contributed by atoms with Gasteiger partial charge >= 0.3 is 0 Å². The van der Waals surface area contributed by atoms with E-state index in [0.717, 1.165) is 4.70 Å². The van der Waals surface area contributed by atoms with Crippen LogP contribution < -0.4 is 9.54 Å². The Bertz CT molecular complexity index is 1230. The van der Waals surface area contributed by atoms with E-state index in [1.807, 2.05) is 6.07 Å². The number of benzene rings is 2. The second kappa shape index (κ2) is 8.87. The van der Waals surface area contributed by atoms with Crippen molar-refractivity contribution in [3.8, 4) is 5.75 Å². The van der Waals surface area contributed by atoms with E-state index in [1.54, 1.807) is 29.8 Å². The van der Waals surface area contributed by atoms with Gasteiger partial charge in [0, 0.05) is 13.5 Å². The summed E-state index contributed by atoms with van der Waals surface area (Å²) in [7, 11) is -0.214. The van der Waals surface area contributed by atoms with E-state index in [2.05, 4.69) is 4.99 Å². The number of sulfone groups is 1. The number of carbonyl (C=O) groups is 1. The molecule has 0 atom stereocenters. The Morgan fingerprint density at radius 2 is 1.86 bits per heavy atom. The normalized spacial score (nSPS) is 12.5. The number of aryl methyl sites for hydroxylation is 1. The first kappa shape index (κ1) is 21.8. The van der Waals surface area contributed by atoms with E-state index in [1.165, 1.54) is 30.6 Å². The van der Waals surface area contributed by atoms with Gasteiger partial charge in [-0.3, -0.25) is 4.79 Å². The third-order valence-corrected chi connectivity index (χ3v) is 8.01. The van der Waals surface area contributed by atoms with Crippen LogP contribution in [0.25, 0.3) is 10.2 Å². The molecule has 154 valence electrons. The van der Waals surface area contributed by atoms with Crippen molar-refractivity contribution in [3.63, 3.8) is 0 Å². The molecule has 1 heterocycles. The molecule has 2 aromatic carbocycles. The molecule has 6 nitrogen and oxygen atoms in total. The molecular weight excluding hydrogens is 455 g/mol. The van der Waals surface area contributed by atoms with Crippen molar-refractivity contribution in [2.24, 2.45) is 12.0 Å². The predicted octanol–water partition coefficient (Wildman–Crippen LogP) is 4.24. The minimum absolute atomic E-state index is 0.0259. The summed E-state index contributed by atoms with van der Waals surface area (Å²) >= 11 is 13.6. The molecule has 0 fully saturated rings. The quantitative estimate of drug-likeness (QED) is 0.537. The number of ether oxygens (including phenoxy) is 1.